The molecule has 1 aromatic heterocycles. The number of aryl methyl sites for hydroxylation is 1. The van der Waals surface area contributed by atoms with Crippen molar-refractivity contribution in [3.63, 3.8) is 0 Å². The molecular weight excluding hydrogens is 254 g/mol. The summed E-state index contributed by atoms with van der Waals surface area (Å²) < 4.78 is 2.59. The van der Waals surface area contributed by atoms with E-state index in [4.69, 9.17) is 11.6 Å². The van der Waals surface area contributed by atoms with E-state index in [9.17, 15) is 9.59 Å². The molecular formula is C12H14ClN3O2. The Morgan fingerprint density at radius 1 is 1.33 bits per heavy atom. The second kappa shape index (κ2) is 4.59. The standard InChI is InChI=1S/C12H14ClN3O2/c1-7(14-2)16-11(17)10-8(13)5-4-6-9(10)15(3)12(16)18/h4-7,14H,1-3H3. The summed E-state index contributed by atoms with van der Waals surface area (Å²) in [5, 5.41) is 3.60. The van der Waals surface area contributed by atoms with E-state index in [0.29, 0.717) is 15.9 Å². The lowest BCUT2D eigenvalue weighted by molar-refractivity contribution is 0.437. The number of fused-ring (bicyclic) bond motifs is 1. The van der Waals surface area contributed by atoms with E-state index < -0.39 is 6.17 Å². The van der Waals surface area contributed by atoms with Gasteiger partial charge in [-0.15, -0.1) is 0 Å². The van der Waals surface area contributed by atoms with Gasteiger partial charge in [0.1, 0.15) is 0 Å². The molecule has 0 aliphatic heterocycles. The summed E-state index contributed by atoms with van der Waals surface area (Å²) in [4.78, 5) is 24.5. The van der Waals surface area contributed by atoms with E-state index in [0.717, 1.165) is 4.57 Å². The minimum Gasteiger partial charge on any atom is -0.300 e. The second-order valence-electron chi connectivity index (χ2n) is 4.12. The van der Waals surface area contributed by atoms with E-state index in [1.165, 1.54) is 4.57 Å². The first-order valence-electron chi connectivity index (χ1n) is 5.56. The number of halogens is 1. The minimum absolute atomic E-state index is 0.352. The number of rotatable bonds is 2. The van der Waals surface area contributed by atoms with Gasteiger partial charge in [-0.05, 0) is 26.1 Å². The monoisotopic (exact) mass is 267 g/mol. The summed E-state index contributed by atoms with van der Waals surface area (Å²) in [6.07, 6.45) is -0.392. The van der Waals surface area contributed by atoms with Crippen LogP contribution in [0.4, 0.5) is 0 Å². The van der Waals surface area contributed by atoms with Crippen LogP contribution in [-0.2, 0) is 7.05 Å². The van der Waals surface area contributed by atoms with E-state index in [1.807, 2.05) is 0 Å². The van der Waals surface area contributed by atoms with Gasteiger partial charge in [-0.3, -0.25) is 9.36 Å². The van der Waals surface area contributed by atoms with Crippen molar-refractivity contribution in [2.24, 2.45) is 7.05 Å². The van der Waals surface area contributed by atoms with E-state index in [1.54, 1.807) is 39.2 Å². The van der Waals surface area contributed by atoms with Crippen molar-refractivity contribution in [2.75, 3.05) is 7.05 Å². The zero-order valence-corrected chi connectivity index (χ0v) is 11.2. The number of nitrogens with zero attached hydrogens (tertiary/aromatic N) is 2. The third kappa shape index (κ3) is 1.76. The largest absolute Gasteiger partial charge is 0.332 e. The van der Waals surface area contributed by atoms with Gasteiger partial charge in [-0.1, -0.05) is 17.7 Å². The number of aromatic nitrogens is 2. The van der Waals surface area contributed by atoms with E-state index >= 15 is 0 Å². The van der Waals surface area contributed by atoms with Crippen LogP contribution in [0, 0.1) is 0 Å². The molecule has 96 valence electrons. The highest BCUT2D eigenvalue weighted by Gasteiger charge is 2.16. The molecule has 0 aliphatic carbocycles. The number of nitrogens with one attached hydrogen (secondary N) is 1. The van der Waals surface area contributed by atoms with Crippen LogP contribution in [0.15, 0.2) is 27.8 Å². The molecule has 1 aromatic carbocycles. The lowest BCUT2D eigenvalue weighted by Gasteiger charge is -2.16. The summed E-state index contributed by atoms with van der Waals surface area (Å²) in [6, 6.07) is 5.07. The molecule has 1 heterocycles. The smallest absolute Gasteiger partial charge is 0.300 e. The average Bonchev–Trinajstić information content (AvgIpc) is 2.35. The van der Waals surface area contributed by atoms with Crippen molar-refractivity contribution in [3.8, 4) is 0 Å². The molecule has 0 radical (unpaired) electrons. The zero-order chi connectivity index (χ0) is 13.4. The van der Waals surface area contributed by atoms with Crippen LogP contribution in [0.25, 0.3) is 10.9 Å². The van der Waals surface area contributed by atoms with Gasteiger partial charge in [0.05, 0.1) is 22.1 Å². The summed E-state index contributed by atoms with van der Waals surface area (Å²) in [7, 11) is 3.31. The molecule has 1 N–H and O–H groups in total. The van der Waals surface area contributed by atoms with Gasteiger partial charge in [-0.25, -0.2) is 9.36 Å². The molecule has 0 amide bonds. The molecule has 0 bridgehead atoms. The fraction of sp³-hybridized carbons (Fsp3) is 0.333. The molecule has 5 nitrogen and oxygen atoms in total. The normalized spacial score (nSPS) is 12.9. The van der Waals surface area contributed by atoms with E-state index in [-0.39, 0.29) is 11.2 Å². The molecule has 0 aliphatic rings. The van der Waals surface area contributed by atoms with Crippen LogP contribution in [0.5, 0.6) is 0 Å². The van der Waals surface area contributed by atoms with Crippen molar-refractivity contribution < 1.29 is 0 Å². The highest BCUT2D eigenvalue weighted by Crippen LogP contribution is 2.18. The van der Waals surface area contributed by atoms with Gasteiger partial charge < -0.3 is 5.32 Å². The Bertz CT molecular complexity index is 718. The summed E-state index contributed by atoms with van der Waals surface area (Å²) in [5.74, 6) is 0. The third-order valence-corrected chi connectivity index (χ3v) is 3.40. The molecule has 18 heavy (non-hydrogen) atoms. The molecule has 1 unspecified atom stereocenters. The molecule has 0 spiro atoms. The maximum atomic E-state index is 12.3. The molecule has 0 fully saturated rings. The van der Waals surface area contributed by atoms with Crippen LogP contribution in [0.2, 0.25) is 5.02 Å². The fourth-order valence-electron chi connectivity index (χ4n) is 1.95. The van der Waals surface area contributed by atoms with Gasteiger partial charge in [0, 0.05) is 7.05 Å². The van der Waals surface area contributed by atoms with Gasteiger partial charge >= 0.3 is 5.69 Å². The number of benzene rings is 1. The number of hydrogen-bond donors (Lipinski definition) is 1. The Morgan fingerprint density at radius 2 is 2.00 bits per heavy atom. The van der Waals surface area contributed by atoms with Crippen molar-refractivity contribution >= 4 is 22.5 Å². The highest BCUT2D eigenvalue weighted by molar-refractivity contribution is 6.35. The van der Waals surface area contributed by atoms with Crippen LogP contribution in [-0.4, -0.2) is 16.2 Å². The molecule has 0 saturated carbocycles. The SMILES string of the molecule is CNC(C)n1c(=O)c2c(Cl)cccc2n(C)c1=O. The lowest BCUT2D eigenvalue weighted by Crippen LogP contribution is -2.44. The summed E-state index contributed by atoms with van der Waals surface area (Å²) in [6.45, 7) is 1.74. The Hall–Kier alpha value is -1.59. The molecule has 2 rings (SSSR count). The number of hydrogen-bond acceptors (Lipinski definition) is 3. The van der Waals surface area contributed by atoms with Crippen LogP contribution >= 0.6 is 11.6 Å². The minimum atomic E-state index is -0.392. The third-order valence-electron chi connectivity index (χ3n) is 3.08. The molecule has 0 saturated heterocycles. The van der Waals surface area contributed by atoms with Gasteiger partial charge in [0.25, 0.3) is 5.56 Å². The average molecular weight is 268 g/mol. The van der Waals surface area contributed by atoms with Crippen LogP contribution in [0.1, 0.15) is 13.1 Å². The quantitative estimate of drug-likeness (QED) is 0.886. The lowest BCUT2D eigenvalue weighted by atomic mass is 10.2. The first kappa shape index (κ1) is 12.9. The maximum Gasteiger partial charge on any atom is 0.332 e. The van der Waals surface area contributed by atoms with Gasteiger partial charge in [0.2, 0.25) is 0 Å². The Kier molecular flexibility index (Phi) is 3.28. The Balaban J connectivity index is 3.04. The fourth-order valence-corrected chi connectivity index (χ4v) is 2.20. The molecule has 1 atom stereocenters. The predicted molar refractivity (Wildman–Crippen MR) is 72.2 cm³/mol. The van der Waals surface area contributed by atoms with Crippen molar-refractivity contribution in [2.45, 2.75) is 13.1 Å². The van der Waals surface area contributed by atoms with Crippen LogP contribution in [0.3, 0.4) is 0 Å². The summed E-state index contributed by atoms with van der Waals surface area (Å²) in [5.41, 5.74) is -0.200. The molecule has 6 heteroatoms. The topological polar surface area (TPSA) is 56.0 Å². The Labute approximate surface area is 109 Å². The van der Waals surface area contributed by atoms with Crippen molar-refractivity contribution in [1.82, 2.24) is 14.5 Å². The van der Waals surface area contributed by atoms with E-state index in [2.05, 4.69) is 5.32 Å². The highest BCUT2D eigenvalue weighted by atomic mass is 35.5. The zero-order valence-electron chi connectivity index (χ0n) is 10.4. The summed E-state index contributed by atoms with van der Waals surface area (Å²) >= 11 is 6.06. The van der Waals surface area contributed by atoms with Crippen LogP contribution < -0.4 is 16.6 Å². The predicted octanol–water partition coefficient (Wildman–Crippen LogP) is 1.09. The Morgan fingerprint density at radius 3 is 2.61 bits per heavy atom. The van der Waals surface area contributed by atoms with Crippen molar-refractivity contribution in [3.05, 3.63) is 44.1 Å². The second-order valence-corrected chi connectivity index (χ2v) is 4.52. The molecule has 2 aromatic rings. The van der Waals surface area contributed by atoms with Gasteiger partial charge in [0.15, 0.2) is 0 Å². The van der Waals surface area contributed by atoms with Crippen molar-refractivity contribution in [1.29, 1.82) is 0 Å². The van der Waals surface area contributed by atoms with Gasteiger partial charge in [-0.2, -0.15) is 0 Å². The maximum absolute atomic E-state index is 12.3. The first-order valence-corrected chi connectivity index (χ1v) is 5.94. The first-order chi connectivity index (χ1) is 8.49.